The summed E-state index contributed by atoms with van der Waals surface area (Å²) in [5.74, 6) is 0.0116. The fourth-order valence-electron chi connectivity index (χ4n) is 3.88. The van der Waals surface area contributed by atoms with Crippen LogP contribution in [0.1, 0.15) is 45.4 Å². The van der Waals surface area contributed by atoms with Crippen molar-refractivity contribution in [3.05, 3.63) is 0 Å². The van der Waals surface area contributed by atoms with E-state index in [1.54, 1.807) is 0 Å². The molecule has 1 heterocycles. The number of likely N-dealkylation sites (N-methyl/N-ethyl adjacent to an activating group) is 1. The molecule has 2 aliphatic rings. The average Bonchev–Trinajstić information content (AvgIpc) is 2.48. The molecule has 5 heteroatoms. The fraction of sp³-hybridized carbons (Fsp3) is 0.938. The van der Waals surface area contributed by atoms with E-state index >= 15 is 0 Å². The highest BCUT2D eigenvalue weighted by atomic mass is 16.5. The van der Waals surface area contributed by atoms with E-state index in [0.717, 1.165) is 58.3 Å². The van der Waals surface area contributed by atoms with E-state index in [4.69, 9.17) is 4.74 Å². The molecule has 0 aromatic carbocycles. The van der Waals surface area contributed by atoms with Crippen molar-refractivity contribution in [2.24, 2.45) is 5.92 Å². The largest absolute Gasteiger partial charge is 0.480 e. The lowest BCUT2D eigenvalue weighted by Gasteiger charge is -2.42. The van der Waals surface area contributed by atoms with Crippen LogP contribution in [-0.4, -0.2) is 60.9 Å². The van der Waals surface area contributed by atoms with Gasteiger partial charge in [0.05, 0.1) is 0 Å². The van der Waals surface area contributed by atoms with Crippen LogP contribution in [-0.2, 0) is 9.53 Å². The van der Waals surface area contributed by atoms with Gasteiger partial charge in [-0.25, -0.2) is 0 Å². The molecule has 5 nitrogen and oxygen atoms in total. The Morgan fingerprint density at radius 2 is 2.10 bits per heavy atom. The van der Waals surface area contributed by atoms with E-state index in [-0.39, 0.29) is 0 Å². The van der Waals surface area contributed by atoms with Crippen molar-refractivity contribution in [1.29, 1.82) is 0 Å². The quantitative estimate of drug-likeness (QED) is 0.782. The topological polar surface area (TPSA) is 61.8 Å². The van der Waals surface area contributed by atoms with E-state index in [0.29, 0.717) is 18.5 Å². The Kier molecular flexibility index (Phi) is 6.02. The van der Waals surface area contributed by atoms with E-state index in [2.05, 4.69) is 17.3 Å². The third-order valence-corrected chi connectivity index (χ3v) is 5.16. The molecule has 0 amide bonds. The maximum Gasteiger partial charge on any atom is 0.323 e. The molecule has 122 valence electrons. The number of hydrogen-bond donors (Lipinski definition) is 2. The Hall–Kier alpha value is -0.650. The second-order valence-corrected chi connectivity index (χ2v) is 6.66. The molecule has 1 aliphatic heterocycles. The van der Waals surface area contributed by atoms with Gasteiger partial charge >= 0.3 is 5.97 Å². The molecule has 0 radical (unpaired) electrons. The van der Waals surface area contributed by atoms with Gasteiger partial charge in [0.1, 0.15) is 5.54 Å². The smallest absolute Gasteiger partial charge is 0.323 e. The zero-order valence-electron chi connectivity index (χ0n) is 13.4. The van der Waals surface area contributed by atoms with Crippen LogP contribution in [0.2, 0.25) is 0 Å². The summed E-state index contributed by atoms with van der Waals surface area (Å²) in [6.45, 7) is 5.51. The lowest BCUT2D eigenvalue weighted by atomic mass is 9.78. The molecule has 1 saturated carbocycles. The first-order valence-corrected chi connectivity index (χ1v) is 8.34. The zero-order chi connectivity index (χ0) is 15.3. The summed E-state index contributed by atoms with van der Waals surface area (Å²) < 4.78 is 5.42. The number of hydrogen-bond acceptors (Lipinski definition) is 4. The SMILES string of the molecule is CCNC1(C(=O)O)CCCC(N(C)CC2CCOCC2)C1. The van der Waals surface area contributed by atoms with Crippen molar-refractivity contribution in [3.63, 3.8) is 0 Å². The lowest BCUT2D eigenvalue weighted by molar-refractivity contribution is -0.147. The Labute approximate surface area is 128 Å². The normalized spacial score (nSPS) is 31.5. The van der Waals surface area contributed by atoms with Crippen molar-refractivity contribution in [2.45, 2.75) is 57.0 Å². The summed E-state index contributed by atoms with van der Waals surface area (Å²) in [6, 6.07) is 0.372. The number of nitrogens with one attached hydrogen (secondary N) is 1. The predicted octanol–water partition coefficient (Wildman–Crippen LogP) is 1.72. The fourth-order valence-corrected chi connectivity index (χ4v) is 3.88. The van der Waals surface area contributed by atoms with Crippen molar-refractivity contribution in [1.82, 2.24) is 10.2 Å². The lowest BCUT2D eigenvalue weighted by Crippen LogP contribution is -2.58. The van der Waals surface area contributed by atoms with Crippen LogP contribution < -0.4 is 5.32 Å². The Bertz CT molecular complexity index is 340. The van der Waals surface area contributed by atoms with E-state index < -0.39 is 11.5 Å². The molecule has 0 spiro atoms. The predicted molar refractivity (Wildman–Crippen MR) is 82.5 cm³/mol. The van der Waals surface area contributed by atoms with Gasteiger partial charge in [0, 0.05) is 25.8 Å². The summed E-state index contributed by atoms with van der Waals surface area (Å²) in [5.41, 5.74) is -0.721. The minimum atomic E-state index is -0.721. The summed E-state index contributed by atoms with van der Waals surface area (Å²) >= 11 is 0. The van der Waals surface area contributed by atoms with Crippen LogP contribution >= 0.6 is 0 Å². The molecule has 2 atom stereocenters. The summed E-state index contributed by atoms with van der Waals surface area (Å²) in [7, 11) is 2.16. The van der Waals surface area contributed by atoms with Crippen molar-refractivity contribution in [2.75, 3.05) is 33.4 Å². The van der Waals surface area contributed by atoms with Crippen molar-refractivity contribution < 1.29 is 14.6 Å². The van der Waals surface area contributed by atoms with Gasteiger partial charge in [-0.3, -0.25) is 4.79 Å². The molecule has 1 saturated heterocycles. The molecule has 0 aromatic heterocycles. The first-order valence-electron chi connectivity index (χ1n) is 8.34. The van der Waals surface area contributed by atoms with Crippen LogP contribution in [0.5, 0.6) is 0 Å². The second-order valence-electron chi connectivity index (χ2n) is 6.66. The minimum absolute atomic E-state index is 0.372. The van der Waals surface area contributed by atoms with Gasteiger partial charge in [-0.15, -0.1) is 0 Å². The van der Waals surface area contributed by atoms with Crippen LogP contribution in [0.4, 0.5) is 0 Å². The van der Waals surface area contributed by atoms with Gasteiger partial charge in [0.2, 0.25) is 0 Å². The first kappa shape index (κ1) is 16.7. The summed E-state index contributed by atoms with van der Waals surface area (Å²) in [5, 5.41) is 12.9. The summed E-state index contributed by atoms with van der Waals surface area (Å²) in [4.78, 5) is 14.1. The molecule has 1 aliphatic carbocycles. The van der Waals surface area contributed by atoms with Gasteiger partial charge < -0.3 is 20.1 Å². The third kappa shape index (κ3) is 4.18. The molecule has 0 bridgehead atoms. The van der Waals surface area contributed by atoms with Crippen LogP contribution in [0.25, 0.3) is 0 Å². The Morgan fingerprint density at radius 3 is 2.71 bits per heavy atom. The van der Waals surface area contributed by atoms with Gasteiger partial charge in [0.25, 0.3) is 0 Å². The van der Waals surface area contributed by atoms with Gasteiger partial charge in [0.15, 0.2) is 0 Å². The number of nitrogens with zero attached hydrogens (tertiary/aromatic N) is 1. The number of carboxylic acid groups (broad SMARTS) is 1. The molecule has 0 aromatic rings. The standard InChI is InChI=1S/C16H30N2O3/c1-3-17-16(15(19)20)8-4-5-14(11-16)18(2)12-13-6-9-21-10-7-13/h13-14,17H,3-12H2,1-2H3,(H,19,20). The molecule has 2 N–H and O–H groups in total. The van der Waals surface area contributed by atoms with Crippen molar-refractivity contribution in [3.8, 4) is 0 Å². The van der Waals surface area contributed by atoms with Crippen LogP contribution in [0, 0.1) is 5.92 Å². The molecule has 2 unspecified atom stereocenters. The minimum Gasteiger partial charge on any atom is -0.480 e. The van der Waals surface area contributed by atoms with E-state index in [1.807, 2.05) is 6.92 Å². The molecule has 2 fully saturated rings. The van der Waals surface area contributed by atoms with Gasteiger partial charge in [-0.2, -0.15) is 0 Å². The highest BCUT2D eigenvalue weighted by molar-refractivity contribution is 5.79. The molecule has 21 heavy (non-hydrogen) atoms. The Balaban J connectivity index is 1.93. The first-order chi connectivity index (χ1) is 10.1. The van der Waals surface area contributed by atoms with E-state index in [1.165, 1.54) is 0 Å². The van der Waals surface area contributed by atoms with Crippen LogP contribution in [0.15, 0.2) is 0 Å². The highest BCUT2D eigenvalue weighted by Gasteiger charge is 2.43. The number of rotatable bonds is 6. The molecular weight excluding hydrogens is 268 g/mol. The average molecular weight is 298 g/mol. The number of ether oxygens (including phenoxy) is 1. The van der Waals surface area contributed by atoms with Crippen LogP contribution in [0.3, 0.4) is 0 Å². The van der Waals surface area contributed by atoms with E-state index in [9.17, 15) is 9.90 Å². The number of carboxylic acids is 1. The van der Waals surface area contributed by atoms with Crippen molar-refractivity contribution >= 4 is 5.97 Å². The zero-order valence-corrected chi connectivity index (χ0v) is 13.4. The maximum atomic E-state index is 11.7. The monoisotopic (exact) mass is 298 g/mol. The second kappa shape index (κ2) is 7.56. The number of aliphatic carboxylic acids is 1. The van der Waals surface area contributed by atoms with Gasteiger partial charge in [-0.05, 0) is 58.0 Å². The molecular formula is C16H30N2O3. The maximum absolute atomic E-state index is 11.7. The highest BCUT2D eigenvalue weighted by Crippen LogP contribution is 2.32. The Morgan fingerprint density at radius 1 is 1.38 bits per heavy atom. The molecule has 2 rings (SSSR count). The third-order valence-electron chi connectivity index (χ3n) is 5.16. The van der Waals surface area contributed by atoms with Gasteiger partial charge in [-0.1, -0.05) is 6.92 Å². The summed E-state index contributed by atoms with van der Waals surface area (Å²) in [6.07, 6.45) is 5.83. The number of carbonyl (C=O) groups is 1.